The summed E-state index contributed by atoms with van der Waals surface area (Å²) in [7, 11) is 0. The van der Waals surface area contributed by atoms with Crippen molar-refractivity contribution < 1.29 is 4.39 Å². The molecule has 0 aliphatic carbocycles. The Hall–Kier alpha value is -2.43. The average molecular weight is 242 g/mol. The fourth-order valence-corrected chi connectivity index (χ4v) is 1.95. The van der Waals surface area contributed by atoms with Gasteiger partial charge in [-0.1, -0.05) is 6.07 Å². The molecule has 0 spiro atoms. The van der Waals surface area contributed by atoms with E-state index in [9.17, 15) is 4.39 Å². The Bertz CT molecular complexity index is 691. The van der Waals surface area contributed by atoms with Crippen molar-refractivity contribution in [2.45, 2.75) is 6.54 Å². The topological polar surface area (TPSA) is 56.7 Å². The zero-order valence-corrected chi connectivity index (χ0v) is 9.55. The molecule has 2 aromatic heterocycles. The van der Waals surface area contributed by atoms with Gasteiger partial charge in [-0.3, -0.25) is 4.98 Å². The summed E-state index contributed by atoms with van der Waals surface area (Å²) in [5, 5.41) is 0. The van der Waals surface area contributed by atoms with Crippen LogP contribution in [0.25, 0.3) is 11.0 Å². The molecule has 0 bridgehead atoms. The van der Waals surface area contributed by atoms with Crippen LogP contribution in [0.2, 0.25) is 0 Å². The van der Waals surface area contributed by atoms with E-state index in [0.717, 1.165) is 5.56 Å². The van der Waals surface area contributed by atoms with Crippen LogP contribution in [0.4, 0.5) is 10.3 Å². The maximum absolute atomic E-state index is 13.3. The van der Waals surface area contributed by atoms with Gasteiger partial charge in [-0.05, 0) is 29.8 Å². The molecule has 2 heterocycles. The molecule has 1 aromatic carbocycles. The quantitative estimate of drug-likeness (QED) is 0.749. The number of nitrogens with two attached hydrogens (primary N) is 1. The van der Waals surface area contributed by atoms with Crippen LogP contribution in [-0.2, 0) is 6.54 Å². The first-order valence-corrected chi connectivity index (χ1v) is 5.54. The molecule has 0 saturated carbocycles. The summed E-state index contributed by atoms with van der Waals surface area (Å²) in [6.07, 6.45) is 3.46. The van der Waals surface area contributed by atoms with Crippen LogP contribution < -0.4 is 5.73 Å². The molecule has 0 amide bonds. The van der Waals surface area contributed by atoms with Gasteiger partial charge in [-0.25, -0.2) is 9.37 Å². The molecular weight excluding hydrogens is 231 g/mol. The Kier molecular flexibility index (Phi) is 2.44. The molecule has 2 N–H and O–H groups in total. The maximum Gasteiger partial charge on any atom is 0.201 e. The number of nitrogen functional groups attached to an aromatic ring is 1. The number of hydrogen-bond donors (Lipinski definition) is 1. The third kappa shape index (κ3) is 1.79. The molecule has 0 radical (unpaired) electrons. The van der Waals surface area contributed by atoms with Crippen LogP contribution in [0.1, 0.15) is 5.56 Å². The van der Waals surface area contributed by atoms with Crippen molar-refractivity contribution in [2.75, 3.05) is 5.73 Å². The zero-order valence-electron chi connectivity index (χ0n) is 9.55. The van der Waals surface area contributed by atoms with E-state index >= 15 is 0 Å². The lowest BCUT2D eigenvalue weighted by Gasteiger charge is -2.06. The molecule has 90 valence electrons. The van der Waals surface area contributed by atoms with Gasteiger partial charge in [0.05, 0.1) is 17.6 Å². The van der Waals surface area contributed by atoms with Crippen molar-refractivity contribution in [1.29, 1.82) is 0 Å². The number of imidazole rings is 1. The third-order valence-corrected chi connectivity index (χ3v) is 2.80. The monoisotopic (exact) mass is 242 g/mol. The minimum atomic E-state index is -0.296. The number of benzene rings is 1. The standard InChI is InChI=1S/C13H11FN4/c14-10-3-4-11-12(6-10)18(13(15)17-11)8-9-2-1-5-16-7-9/h1-7H,8H2,(H2,15,17). The molecule has 3 aromatic rings. The second-order valence-corrected chi connectivity index (χ2v) is 4.05. The molecule has 4 nitrogen and oxygen atoms in total. The van der Waals surface area contributed by atoms with Gasteiger partial charge in [0.15, 0.2) is 0 Å². The van der Waals surface area contributed by atoms with E-state index in [1.165, 1.54) is 12.1 Å². The highest BCUT2D eigenvalue weighted by Crippen LogP contribution is 2.20. The van der Waals surface area contributed by atoms with Gasteiger partial charge in [0, 0.05) is 12.4 Å². The van der Waals surface area contributed by atoms with E-state index in [-0.39, 0.29) is 5.82 Å². The zero-order chi connectivity index (χ0) is 12.5. The third-order valence-electron chi connectivity index (χ3n) is 2.80. The van der Waals surface area contributed by atoms with Crippen LogP contribution in [-0.4, -0.2) is 14.5 Å². The first-order chi connectivity index (χ1) is 8.74. The smallest absolute Gasteiger partial charge is 0.201 e. The Morgan fingerprint density at radius 3 is 2.94 bits per heavy atom. The number of hydrogen-bond acceptors (Lipinski definition) is 3. The molecule has 0 saturated heterocycles. The minimum Gasteiger partial charge on any atom is -0.369 e. The molecule has 0 aliphatic heterocycles. The first kappa shape index (κ1) is 10.7. The molecule has 0 unspecified atom stereocenters. The number of rotatable bonds is 2. The summed E-state index contributed by atoms with van der Waals surface area (Å²) < 4.78 is 15.0. The van der Waals surface area contributed by atoms with E-state index in [1.54, 1.807) is 23.0 Å². The van der Waals surface area contributed by atoms with Crippen molar-refractivity contribution in [3.63, 3.8) is 0 Å². The lowest BCUT2D eigenvalue weighted by molar-refractivity contribution is 0.628. The van der Waals surface area contributed by atoms with E-state index in [0.29, 0.717) is 23.5 Å². The summed E-state index contributed by atoms with van der Waals surface area (Å²) in [4.78, 5) is 8.25. The van der Waals surface area contributed by atoms with Crippen LogP contribution in [0.15, 0.2) is 42.7 Å². The predicted octanol–water partition coefficient (Wildman–Crippen LogP) is 2.20. The van der Waals surface area contributed by atoms with Crippen molar-refractivity contribution in [1.82, 2.24) is 14.5 Å². The van der Waals surface area contributed by atoms with Crippen LogP contribution in [0.3, 0.4) is 0 Å². The number of fused-ring (bicyclic) bond motifs is 1. The lowest BCUT2D eigenvalue weighted by atomic mass is 10.2. The fourth-order valence-electron chi connectivity index (χ4n) is 1.95. The number of halogens is 1. The van der Waals surface area contributed by atoms with Gasteiger partial charge in [0.25, 0.3) is 0 Å². The van der Waals surface area contributed by atoms with Gasteiger partial charge in [-0.15, -0.1) is 0 Å². The summed E-state index contributed by atoms with van der Waals surface area (Å²) >= 11 is 0. The minimum absolute atomic E-state index is 0.296. The van der Waals surface area contributed by atoms with E-state index in [1.807, 2.05) is 12.1 Å². The van der Waals surface area contributed by atoms with Crippen LogP contribution in [0.5, 0.6) is 0 Å². The Labute approximate surface area is 103 Å². The van der Waals surface area contributed by atoms with E-state index < -0.39 is 0 Å². The molecular formula is C13H11FN4. The SMILES string of the molecule is Nc1nc2ccc(F)cc2n1Cc1cccnc1. The number of aromatic nitrogens is 3. The van der Waals surface area contributed by atoms with Gasteiger partial charge in [0.1, 0.15) is 5.82 Å². The average Bonchev–Trinajstić information content (AvgIpc) is 2.67. The summed E-state index contributed by atoms with van der Waals surface area (Å²) in [5.74, 6) is 0.0780. The van der Waals surface area contributed by atoms with Crippen LogP contribution >= 0.6 is 0 Å². The molecule has 0 fully saturated rings. The fraction of sp³-hybridized carbons (Fsp3) is 0.0769. The first-order valence-electron chi connectivity index (χ1n) is 5.54. The number of anilines is 1. The maximum atomic E-state index is 13.3. The summed E-state index contributed by atoms with van der Waals surface area (Å²) in [5.41, 5.74) is 8.24. The van der Waals surface area contributed by atoms with Crippen molar-refractivity contribution >= 4 is 17.0 Å². The van der Waals surface area contributed by atoms with Gasteiger partial charge >= 0.3 is 0 Å². The molecule has 0 aliphatic rings. The van der Waals surface area contributed by atoms with Crippen molar-refractivity contribution in [3.8, 4) is 0 Å². The second kappa shape index (κ2) is 4.10. The molecule has 5 heteroatoms. The summed E-state index contributed by atoms with van der Waals surface area (Å²) in [6.45, 7) is 0.527. The highest BCUT2D eigenvalue weighted by atomic mass is 19.1. The predicted molar refractivity (Wildman–Crippen MR) is 67.4 cm³/mol. The van der Waals surface area contributed by atoms with Crippen LogP contribution in [0, 0.1) is 5.82 Å². The summed E-state index contributed by atoms with van der Waals surface area (Å²) in [6, 6.07) is 8.24. The molecule has 3 rings (SSSR count). The highest BCUT2D eigenvalue weighted by molar-refractivity contribution is 5.78. The second-order valence-electron chi connectivity index (χ2n) is 4.05. The van der Waals surface area contributed by atoms with E-state index in [2.05, 4.69) is 9.97 Å². The number of pyridine rings is 1. The highest BCUT2D eigenvalue weighted by Gasteiger charge is 2.09. The van der Waals surface area contributed by atoms with Gasteiger partial charge in [0.2, 0.25) is 5.95 Å². The normalized spacial score (nSPS) is 10.9. The number of nitrogens with zero attached hydrogens (tertiary/aromatic N) is 3. The lowest BCUT2D eigenvalue weighted by Crippen LogP contribution is -2.04. The molecule has 0 atom stereocenters. The van der Waals surface area contributed by atoms with Gasteiger partial charge < -0.3 is 10.3 Å². The van der Waals surface area contributed by atoms with Gasteiger partial charge in [-0.2, -0.15) is 0 Å². The Morgan fingerprint density at radius 1 is 1.28 bits per heavy atom. The van der Waals surface area contributed by atoms with Crippen molar-refractivity contribution in [2.24, 2.45) is 0 Å². The largest absolute Gasteiger partial charge is 0.369 e. The van der Waals surface area contributed by atoms with Crippen molar-refractivity contribution in [3.05, 3.63) is 54.1 Å². The Balaban J connectivity index is 2.11. The molecule has 18 heavy (non-hydrogen) atoms. The van der Waals surface area contributed by atoms with E-state index in [4.69, 9.17) is 5.73 Å². The Morgan fingerprint density at radius 2 is 2.17 bits per heavy atom.